The number of aromatic hydroxyl groups is 1. The maximum Gasteiger partial charge on any atom is 0.333 e. The number of nitrogens with zero attached hydrogens (tertiary/aromatic N) is 8. The van der Waals surface area contributed by atoms with Gasteiger partial charge in [-0.15, -0.1) is 11.7 Å². The first-order valence-corrected chi connectivity index (χ1v) is 17.2. The second-order valence-electron chi connectivity index (χ2n) is 12.8. The van der Waals surface area contributed by atoms with Gasteiger partial charge in [0, 0.05) is 46.2 Å². The maximum absolute atomic E-state index is 14.5. The number of benzene rings is 3. The molecule has 2 saturated heterocycles. The Balaban J connectivity index is 1.25. The molecule has 2 aliphatic heterocycles. The number of phenolic OH excluding ortho intramolecular Hbond substituents is 1. The highest BCUT2D eigenvalue weighted by atomic mass is 16.5. The molecule has 0 saturated carbocycles. The van der Waals surface area contributed by atoms with Crippen molar-refractivity contribution in [3.05, 3.63) is 102 Å². The smallest absolute Gasteiger partial charge is 0.333 e. The number of ether oxygens (including phenoxy) is 1. The summed E-state index contributed by atoms with van der Waals surface area (Å²) in [5.41, 5.74) is 3.57. The van der Waals surface area contributed by atoms with Gasteiger partial charge < -0.3 is 29.9 Å². The van der Waals surface area contributed by atoms with Crippen molar-refractivity contribution in [2.45, 2.75) is 32.1 Å². The molecule has 6 rings (SSSR count). The van der Waals surface area contributed by atoms with Gasteiger partial charge in [-0.3, -0.25) is 14.4 Å². The number of morpholine rings is 1. The number of carbonyl (C=O) groups excluding carboxylic acids is 4. The number of hydrogen-bond acceptors (Lipinski definition) is 9. The minimum absolute atomic E-state index is 0.0136. The van der Waals surface area contributed by atoms with Crippen molar-refractivity contribution in [3.8, 4) is 5.75 Å². The fourth-order valence-corrected chi connectivity index (χ4v) is 6.44. The summed E-state index contributed by atoms with van der Waals surface area (Å²) in [6.45, 7) is 6.09. The highest BCUT2D eigenvalue weighted by Crippen LogP contribution is 2.23. The highest BCUT2D eigenvalue weighted by molar-refractivity contribution is 5.90. The van der Waals surface area contributed by atoms with Crippen molar-refractivity contribution in [1.29, 1.82) is 0 Å². The Kier molecular flexibility index (Phi) is 11.4. The molecule has 2 N–H and O–H groups in total. The molecule has 0 radical (unpaired) electrons. The van der Waals surface area contributed by atoms with E-state index in [2.05, 4.69) is 22.2 Å². The van der Waals surface area contributed by atoms with E-state index < -0.39 is 12.1 Å². The number of phenols is 1. The topological polar surface area (TPSA) is 157 Å². The van der Waals surface area contributed by atoms with Crippen LogP contribution in [-0.2, 0) is 45.2 Å². The van der Waals surface area contributed by atoms with Gasteiger partial charge in [0.2, 0.25) is 17.7 Å². The monoisotopic (exact) mass is 709 g/mol. The Morgan fingerprint density at radius 3 is 2.50 bits per heavy atom. The predicted octanol–water partition coefficient (Wildman–Crippen LogP) is 1.98. The Hall–Kier alpha value is -5.80. The summed E-state index contributed by atoms with van der Waals surface area (Å²) < 4.78 is 6.94. The van der Waals surface area contributed by atoms with Gasteiger partial charge in [0.15, 0.2) is 0 Å². The third-order valence-electron chi connectivity index (χ3n) is 9.20. The minimum Gasteiger partial charge on any atom is -0.508 e. The van der Waals surface area contributed by atoms with E-state index in [0.29, 0.717) is 37.3 Å². The highest BCUT2D eigenvalue weighted by Gasteiger charge is 2.40. The first-order chi connectivity index (χ1) is 25.2. The lowest BCUT2D eigenvalue weighted by atomic mass is 10.0. The van der Waals surface area contributed by atoms with E-state index in [1.165, 1.54) is 26.9 Å². The summed E-state index contributed by atoms with van der Waals surface area (Å²) in [5.74, 6) is -0.714. The second kappa shape index (κ2) is 16.5. The molecule has 3 aromatic carbocycles. The van der Waals surface area contributed by atoms with E-state index in [1.54, 1.807) is 45.9 Å². The lowest BCUT2D eigenvalue weighted by Gasteiger charge is -2.45. The molecule has 1 atom stereocenters. The van der Waals surface area contributed by atoms with Crippen molar-refractivity contribution in [2.75, 3.05) is 53.1 Å². The molecule has 3 heterocycles. The minimum atomic E-state index is -0.998. The number of hydrazine groups is 1. The molecular formula is C37H43N9O6. The van der Waals surface area contributed by atoms with Gasteiger partial charge >= 0.3 is 6.03 Å². The summed E-state index contributed by atoms with van der Waals surface area (Å²) in [6.07, 6.45) is 1.75. The van der Waals surface area contributed by atoms with Crippen LogP contribution < -0.4 is 5.32 Å². The fraction of sp³-hybridized carbons (Fsp3) is 0.351. The van der Waals surface area contributed by atoms with E-state index >= 15 is 0 Å². The van der Waals surface area contributed by atoms with Gasteiger partial charge in [0.05, 0.1) is 25.3 Å². The molecule has 5 amide bonds. The molecular weight excluding hydrogens is 666 g/mol. The predicted molar refractivity (Wildman–Crippen MR) is 191 cm³/mol. The van der Waals surface area contributed by atoms with Crippen LogP contribution in [0, 0.1) is 0 Å². The molecule has 4 aromatic rings. The SMILES string of the molecule is C=CCN1CC(=O)N([C@@H](Cc2ccc(O)cc2)C(=O)N(C)Cc2cccc3nnn(CC(=O)N4CCOCC4)c23)CN1C(=O)NCc1ccccc1. The second-order valence-corrected chi connectivity index (χ2v) is 12.8. The van der Waals surface area contributed by atoms with Crippen LogP contribution in [0.4, 0.5) is 4.79 Å². The van der Waals surface area contributed by atoms with Gasteiger partial charge in [-0.1, -0.05) is 65.9 Å². The molecule has 0 aliphatic carbocycles. The van der Waals surface area contributed by atoms with E-state index in [9.17, 15) is 24.3 Å². The largest absolute Gasteiger partial charge is 0.508 e. The van der Waals surface area contributed by atoms with Gasteiger partial charge in [0.1, 0.15) is 30.5 Å². The number of urea groups is 1. The van der Waals surface area contributed by atoms with Gasteiger partial charge in [-0.25, -0.2) is 19.5 Å². The molecule has 2 fully saturated rings. The van der Waals surface area contributed by atoms with E-state index in [0.717, 1.165) is 16.7 Å². The lowest BCUT2D eigenvalue weighted by molar-refractivity contribution is -0.162. The molecule has 272 valence electrons. The maximum atomic E-state index is 14.5. The Morgan fingerprint density at radius 2 is 1.77 bits per heavy atom. The number of carbonyl (C=O) groups is 4. The van der Waals surface area contributed by atoms with Gasteiger partial charge in [0.25, 0.3) is 0 Å². The molecule has 0 spiro atoms. The van der Waals surface area contributed by atoms with Crippen molar-refractivity contribution in [2.24, 2.45) is 0 Å². The molecule has 52 heavy (non-hydrogen) atoms. The average Bonchev–Trinajstić information content (AvgIpc) is 3.58. The summed E-state index contributed by atoms with van der Waals surface area (Å²) in [6, 6.07) is 20.0. The van der Waals surface area contributed by atoms with Crippen LogP contribution in [0.5, 0.6) is 5.75 Å². The summed E-state index contributed by atoms with van der Waals surface area (Å²) >= 11 is 0. The van der Waals surface area contributed by atoms with Crippen molar-refractivity contribution >= 4 is 34.8 Å². The first kappa shape index (κ1) is 36.0. The van der Waals surface area contributed by atoms with Crippen molar-refractivity contribution in [3.63, 3.8) is 0 Å². The lowest BCUT2D eigenvalue weighted by Crippen LogP contribution is -2.66. The van der Waals surface area contributed by atoms with Crippen LogP contribution in [0.2, 0.25) is 0 Å². The van der Waals surface area contributed by atoms with Gasteiger partial charge in [-0.2, -0.15) is 0 Å². The van der Waals surface area contributed by atoms with Crippen molar-refractivity contribution < 1.29 is 29.0 Å². The summed E-state index contributed by atoms with van der Waals surface area (Å²) in [5, 5.41) is 24.4. The fourth-order valence-electron chi connectivity index (χ4n) is 6.44. The number of likely N-dealkylation sites (N-methyl/N-ethyl adjacent to an activating group) is 1. The molecule has 0 bridgehead atoms. The van der Waals surface area contributed by atoms with E-state index in [-0.39, 0.29) is 69.3 Å². The first-order valence-electron chi connectivity index (χ1n) is 17.2. The number of nitrogens with one attached hydrogen (secondary N) is 1. The normalized spacial score (nSPS) is 15.8. The number of aromatic nitrogens is 3. The Morgan fingerprint density at radius 1 is 1.02 bits per heavy atom. The zero-order valence-electron chi connectivity index (χ0n) is 29.1. The van der Waals surface area contributed by atoms with Crippen LogP contribution in [-0.4, -0.2) is 128 Å². The van der Waals surface area contributed by atoms with Crippen molar-refractivity contribution in [1.82, 2.24) is 45.0 Å². The number of rotatable bonds is 12. The van der Waals surface area contributed by atoms with E-state index in [4.69, 9.17) is 4.74 Å². The molecule has 1 aromatic heterocycles. The van der Waals surface area contributed by atoms with Gasteiger partial charge in [-0.05, 0) is 34.9 Å². The number of hydrogen-bond donors (Lipinski definition) is 2. The third kappa shape index (κ3) is 8.38. The number of amides is 5. The zero-order valence-corrected chi connectivity index (χ0v) is 29.1. The van der Waals surface area contributed by atoms with E-state index in [1.807, 2.05) is 42.5 Å². The molecule has 15 nitrogen and oxygen atoms in total. The summed E-state index contributed by atoms with van der Waals surface area (Å²) in [7, 11) is 1.65. The number of fused-ring (bicyclic) bond motifs is 1. The van der Waals surface area contributed by atoms with Crippen LogP contribution in [0.25, 0.3) is 11.0 Å². The van der Waals surface area contributed by atoms with Crippen LogP contribution in [0.3, 0.4) is 0 Å². The third-order valence-corrected chi connectivity index (χ3v) is 9.20. The Bertz CT molecular complexity index is 1890. The summed E-state index contributed by atoms with van der Waals surface area (Å²) in [4.78, 5) is 59.8. The standard InChI is InChI=1S/C37H43N9O6/c1-3-16-43-24-34(49)44(26-46(43)37(51)38-22-28-8-5-4-6-9-28)32(21-27-12-14-30(47)15-13-27)36(50)41(2)23-29-10-7-11-31-35(29)45(40-39-31)25-33(48)42-17-19-52-20-18-42/h3-15,32,47H,1,16-26H2,2H3,(H,38,51)/t32-/m0/s1. The van der Waals surface area contributed by atoms with Crippen LogP contribution >= 0.6 is 0 Å². The molecule has 2 aliphatic rings. The quantitative estimate of drug-likeness (QED) is 0.210. The number of para-hydroxylation sites is 1. The molecule has 15 heteroatoms. The van der Waals surface area contributed by atoms with Crippen LogP contribution in [0.15, 0.2) is 85.5 Å². The van der Waals surface area contributed by atoms with Crippen LogP contribution in [0.1, 0.15) is 16.7 Å². The molecule has 0 unspecified atom stereocenters. The Labute approximate surface area is 301 Å². The average molecular weight is 710 g/mol. The zero-order chi connectivity index (χ0) is 36.6.